The maximum absolute atomic E-state index is 5.77. The van der Waals surface area contributed by atoms with Crippen LogP contribution >= 0.6 is 0 Å². The van der Waals surface area contributed by atoms with Gasteiger partial charge in [0, 0.05) is 31.2 Å². The van der Waals surface area contributed by atoms with Gasteiger partial charge in [-0.2, -0.15) is 0 Å². The summed E-state index contributed by atoms with van der Waals surface area (Å²) in [6.07, 6.45) is 2.07. The fourth-order valence-electron chi connectivity index (χ4n) is 2.77. The van der Waals surface area contributed by atoms with Gasteiger partial charge in [0.1, 0.15) is 11.6 Å². The number of likely N-dealkylation sites (N-methyl/N-ethyl adjacent to an activating group) is 1. The molecule has 1 N–H and O–H groups in total. The zero-order chi connectivity index (χ0) is 14.7. The summed E-state index contributed by atoms with van der Waals surface area (Å²) in [5, 5.41) is 5.48. The number of morpholine rings is 1. The van der Waals surface area contributed by atoms with Gasteiger partial charge in [0.2, 0.25) is 0 Å². The van der Waals surface area contributed by atoms with Crippen molar-refractivity contribution in [2.24, 2.45) is 0 Å². The van der Waals surface area contributed by atoms with Crippen molar-refractivity contribution >= 4 is 16.6 Å². The summed E-state index contributed by atoms with van der Waals surface area (Å²) in [5.41, 5.74) is 0. The van der Waals surface area contributed by atoms with Gasteiger partial charge in [-0.05, 0) is 30.6 Å². The van der Waals surface area contributed by atoms with E-state index in [9.17, 15) is 0 Å². The molecule has 1 unspecified atom stereocenters. The minimum Gasteiger partial charge on any atom is -0.497 e. The van der Waals surface area contributed by atoms with Crippen molar-refractivity contribution in [2.75, 3.05) is 45.3 Å². The maximum atomic E-state index is 5.77. The lowest BCUT2D eigenvalue weighted by Crippen LogP contribution is -2.46. The molecular weight excluding hydrogens is 266 g/mol. The van der Waals surface area contributed by atoms with Crippen LogP contribution in [0, 0.1) is 0 Å². The van der Waals surface area contributed by atoms with Crippen LogP contribution in [0.25, 0.3) is 10.8 Å². The van der Waals surface area contributed by atoms with E-state index in [-0.39, 0.29) is 6.10 Å². The number of aromatic nitrogens is 1. The lowest BCUT2D eigenvalue weighted by molar-refractivity contribution is 0.0420. The number of rotatable bonds is 4. The fraction of sp³-hybridized carbons (Fsp3) is 0.438. The lowest BCUT2D eigenvalue weighted by Gasteiger charge is -2.34. The quantitative estimate of drug-likeness (QED) is 0.927. The predicted octanol–water partition coefficient (Wildman–Crippen LogP) is 1.67. The number of anilines is 1. The second-order valence-corrected chi connectivity index (χ2v) is 5.22. The van der Waals surface area contributed by atoms with Crippen LogP contribution in [0.3, 0.4) is 0 Å². The normalized spacial score (nSPS) is 19.0. The molecule has 3 rings (SSSR count). The van der Waals surface area contributed by atoms with Crippen molar-refractivity contribution in [1.29, 1.82) is 0 Å². The van der Waals surface area contributed by atoms with E-state index in [0.29, 0.717) is 0 Å². The van der Waals surface area contributed by atoms with Gasteiger partial charge < -0.3 is 19.7 Å². The molecule has 1 atom stereocenters. The summed E-state index contributed by atoms with van der Waals surface area (Å²) in [6, 6.07) is 8.14. The Morgan fingerprint density at radius 1 is 1.43 bits per heavy atom. The molecule has 1 saturated heterocycles. The highest BCUT2D eigenvalue weighted by Gasteiger charge is 2.22. The van der Waals surface area contributed by atoms with Gasteiger partial charge >= 0.3 is 0 Å². The van der Waals surface area contributed by atoms with Crippen molar-refractivity contribution in [2.45, 2.75) is 6.10 Å². The van der Waals surface area contributed by atoms with E-state index >= 15 is 0 Å². The first kappa shape index (κ1) is 14.1. The largest absolute Gasteiger partial charge is 0.497 e. The summed E-state index contributed by atoms with van der Waals surface area (Å²) in [5.74, 6) is 1.87. The molecule has 5 nitrogen and oxygen atoms in total. The maximum Gasteiger partial charge on any atom is 0.136 e. The van der Waals surface area contributed by atoms with Crippen molar-refractivity contribution in [3.8, 4) is 5.75 Å². The lowest BCUT2D eigenvalue weighted by atomic mass is 10.1. The summed E-state index contributed by atoms with van der Waals surface area (Å²) in [7, 11) is 3.64. The van der Waals surface area contributed by atoms with Crippen LogP contribution in [0.2, 0.25) is 0 Å². The molecule has 0 radical (unpaired) electrons. The molecule has 112 valence electrons. The fourth-order valence-corrected chi connectivity index (χ4v) is 2.77. The highest BCUT2D eigenvalue weighted by Crippen LogP contribution is 2.29. The van der Waals surface area contributed by atoms with Gasteiger partial charge in [0.25, 0.3) is 0 Å². The third-order valence-corrected chi connectivity index (χ3v) is 3.82. The van der Waals surface area contributed by atoms with Crippen LogP contribution < -0.4 is 15.0 Å². The average molecular weight is 287 g/mol. The zero-order valence-electron chi connectivity index (χ0n) is 12.5. The Morgan fingerprint density at radius 3 is 3.14 bits per heavy atom. The molecule has 1 aromatic carbocycles. The Labute approximate surface area is 124 Å². The minimum atomic E-state index is 0.200. The van der Waals surface area contributed by atoms with Gasteiger partial charge in [-0.15, -0.1) is 0 Å². The van der Waals surface area contributed by atoms with E-state index in [1.807, 2.05) is 25.4 Å². The highest BCUT2D eigenvalue weighted by atomic mass is 16.5. The Kier molecular flexibility index (Phi) is 4.22. The van der Waals surface area contributed by atoms with Crippen LogP contribution in [-0.2, 0) is 4.74 Å². The Bertz CT molecular complexity index is 615. The van der Waals surface area contributed by atoms with Crippen molar-refractivity contribution < 1.29 is 9.47 Å². The molecule has 0 amide bonds. The van der Waals surface area contributed by atoms with E-state index < -0.39 is 0 Å². The second-order valence-electron chi connectivity index (χ2n) is 5.22. The van der Waals surface area contributed by atoms with Gasteiger partial charge in [0.05, 0.1) is 19.8 Å². The second kappa shape index (κ2) is 6.28. The van der Waals surface area contributed by atoms with Crippen molar-refractivity contribution in [1.82, 2.24) is 10.3 Å². The smallest absolute Gasteiger partial charge is 0.136 e. The van der Waals surface area contributed by atoms with Crippen molar-refractivity contribution in [3.63, 3.8) is 0 Å². The highest BCUT2D eigenvalue weighted by molar-refractivity contribution is 5.93. The summed E-state index contributed by atoms with van der Waals surface area (Å²) in [4.78, 5) is 6.89. The molecular formula is C16H21N3O2. The third-order valence-electron chi connectivity index (χ3n) is 3.82. The van der Waals surface area contributed by atoms with Crippen LogP contribution in [0.15, 0.2) is 30.5 Å². The van der Waals surface area contributed by atoms with E-state index in [4.69, 9.17) is 9.47 Å². The number of ether oxygens (including phenoxy) is 2. The number of nitrogens with one attached hydrogen (secondary N) is 1. The monoisotopic (exact) mass is 287 g/mol. The zero-order valence-corrected chi connectivity index (χ0v) is 12.5. The third kappa shape index (κ3) is 2.94. The average Bonchev–Trinajstić information content (AvgIpc) is 2.54. The van der Waals surface area contributed by atoms with Gasteiger partial charge in [-0.3, -0.25) is 0 Å². The van der Waals surface area contributed by atoms with E-state index in [1.54, 1.807) is 7.11 Å². The van der Waals surface area contributed by atoms with Crippen LogP contribution in [0.1, 0.15) is 0 Å². The van der Waals surface area contributed by atoms with Crippen LogP contribution in [0.5, 0.6) is 5.75 Å². The number of hydrogen-bond acceptors (Lipinski definition) is 5. The molecule has 0 spiro atoms. The Morgan fingerprint density at radius 2 is 2.33 bits per heavy atom. The van der Waals surface area contributed by atoms with E-state index in [0.717, 1.165) is 43.2 Å². The molecule has 1 aliphatic rings. The van der Waals surface area contributed by atoms with E-state index in [2.05, 4.69) is 27.3 Å². The topological polar surface area (TPSA) is 46.6 Å². The van der Waals surface area contributed by atoms with Crippen molar-refractivity contribution in [3.05, 3.63) is 30.5 Å². The minimum absolute atomic E-state index is 0.200. The molecule has 21 heavy (non-hydrogen) atoms. The number of methoxy groups -OCH3 is 1. The van der Waals surface area contributed by atoms with Gasteiger partial charge in [-0.25, -0.2) is 4.98 Å². The molecule has 1 aromatic heterocycles. The SMILES string of the molecule is CNCC1CN(c2nccc3ccc(OC)cc23)CCO1. The molecule has 0 aliphatic carbocycles. The number of nitrogens with zero attached hydrogens (tertiary/aromatic N) is 2. The molecule has 0 bridgehead atoms. The number of hydrogen-bond donors (Lipinski definition) is 1. The first-order valence-corrected chi connectivity index (χ1v) is 7.25. The Hall–Kier alpha value is -1.85. The number of benzene rings is 1. The molecule has 1 fully saturated rings. The first-order chi connectivity index (χ1) is 10.3. The molecule has 5 heteroatoms. The first-order valence-electron chi connectivity index (χ1n) is 7.25. The van der Waals surface area contributed by atoms with Gasteiger partial charge in [-0.1, -0.05) is 6.07 Å². The van der Waals surface area contributed by atoms with Gasteiger partial charge in [0.15, 0.2) is 0 Å². The van der Waals surface area contributed by atoms with Crippen LogP contribution in [-0.4, -0.2) is 51.5 Å². The molecule has 2 heterocycles. The number of pyridine rings is 1. The molecule has 0 saturated carbocycles. The Balaban J connectivity index is 1.95. The molecule has 1 aliphatic heterocycles. The predicted molar refractivity (Wildman–Crippen MR) is 84.2 cm³/mol. The molecule has 2 aromatic rings. The van der Waals surface area contributed by atoms with E-state index in [1.165, 1.54) is 5.39 Å². The number of fused-ring (bicyclic) bond motifs is 1. The summed E-state index contributed by atoms with van der Waals surface area (Å²) in [6.45, 7) is 3.30. The standard InChI is InChI=1S/C16H21N3O2/c1-17-10-14-11-19(7-8-21-14)16-15-9-13(20-2)4-3-12(15)5-6-18-16/h3-6,9,14,17H,7-8,10-11H2,1-2H3. The van der Waals surface area contributed by atoms with Crippen LogP contribution in [0.4, 0.5) is 5.82 Å². The summed E-state index contributed by atoms with van der Waals surface area (Å²) < 4.78 is 11.1. The summed E-state index contributed by atoms with van der Waals surface area (Å²) >= 11 is 0.